The lowest BCUT2D eigenvalue weighted by Gasteiger charge is -2.17. The molecular formula is C11H21NO. The second kappa shape index (κ2) is 6.58. The summed E-state index contributed by atoms with van der Waals surface area (Å²) in [5, 5.41) is 12.2. The number of hydrogen-bond donors (Lipinski definition) is 2. The summed E-state index contributed by atoms with van der Waals surface area (Å²) in [5.41, 5.74) is 0.990. The van der Waals surface area contributed by atoms with Gasteiger partial charge in [-0.2, -0.15) is 0 Å². The molecule has 0 spiro atoms. The van der Waals surface area contributed by atoms with Gasteiger partial charge in [-0.15, -0.1) is 0 Å². The monoisotopic (exact) mass is 183 g/mol. The van der Waals surface area contributed by atoms with E-state index in [1.165, 1.54) is 0 Å². The van der Waals surface area contributed by atoms with Gasteiger partial charge in [0, 0.05) is 18.2 Å². The van der Waals surface area contributed by atoms with Crippen LogP contribution in [0.25, 0.3) is 0 Å². The van der Waals surface area contributed by atoms with E-state index >= 15 is 0 Å². The summed E-state index contributed by atoms with van der Waals surface area (Å²) in [6.07, 6.45) is 3.59. The molecule has 0 aromatic rings. The molecule has 0 fully saturated rings. The summed E-state index contributed by atoms with van der Waals surface area (Å²) in [5.74, 6) is 0.229. The fourth-order valence-corrected chi connectivity index (χ4v) is 1.15. The van der Waals surface area contributed by atoms with Gasteiger partial charge in [-0.3, -0.25) is 0 Å². The van der Waals surface area contributed by atoms with Crippen molar-refractivity contribution in [2.75, 3.05) is 0 Å². The molecular weight excluding hydrogens is 162 g/mol. The molecule has 0 atom stereocenters. The van der Waals surface area contributed by atoms with Gasteiger partial charge >= 0.3 is 0 Å². The van der Waals surface area contributed by atoms with Gasteiger partial charge in [-0.25, -0.2) is 0 Å². The molecule has 0 unspecified atom stereocenters. The Hall–Kier alpha value is -0.920. The zero-order valence-electron chi connectivity index (χ0n) is 8.77. The summed E-state index contributed by atoms with van der Waals surface area (Å²) in [7, 11) is 0. The second-order valence-electron chi connectivity index (χ2n) is 3.33. The van der Waals surface area contributed by atoms with E-state index in [1.54, 1.807) is 0 Å². The van der Waals surface area contributed by atoms with Crippen LogP contribution in [0.1, 0.15) is 39.5 Å². The summed E-state index contributed by atoms with van der Waals surface area (Å²) in [6.45, 7) is 11.6. The Bertz CT molecular complexity index is 171. The molecule has 0 aliphatic rings. The van der Waals surface area contributed by atoms with Crippen LogP contribution in [0.15, 0.2) is 24.6 Å². The molecule has 0 heterocycles. The maximum Gasteiger partial charge on any atom is 0.0854 e. The second-order valence-corrected chi connectivity index (χ2v) is 3.33. The third kappa shape index (κ3) is 6.26. The predicted octanol–water partition coefficient (Wildman–Crippen LogP) is 3.13. The van der Waals surface area contributed by atoms with Gasteiger partial charge in [0.25, 0.3) is 0 Å². The summed E-state index contributed by atoms with van der Waals surface area (Å²) in [6, 6.07) is 0.513. The Morgan fingerprint density at radius 2 is 1.77 bits per heavy atom. The largest absolute Gasteiger partial charge is 0.513 e. The maximum absolute atomic E-state index is 8.89. The lowest BCUT2D eigenvalue weighted by molar-refractivity contribution is 0.388. The SMILES string of the molecule is C=C(O)CCC(=C)NC(CC)CC. The standard InChI is InChI=1S/C11H21NO/c1-5-11(6-2)12-9(3)7-8-10(4)13/h11-13H,3-8H2,1-2H3. The normalized spacial score (nSPS) is 10.1. The van der Waals surface area contributed by atoms with Gasteiger partial charge < -0.3 is 10.4 Å². The molecule has 0 aliphatic heterocycles. The summed E-state index contributed by atoms with van der Waals surface area (Å²) >= 11 is 0. The van der Waals surface area contributed by atoms with Crippen molar-refractivity contribution in [3.63, 3.8) is 0 Å². The van der Waals surface area contributed by atoms with Crippen LogP contribution in [-0.4, -0.2) is 11.1 Å². The van der Waals surface area contributed by atoms with Crippen LogP contribution in [-0.2, 0) is 0 Å². The van der Waals surface area contributed by atoms with Crippen molar-refractivity contribution in [2.24, 2.45) is 0 Å². The van der Waals surface area contributed by atoms with Gasteiger partial charge in [0.15, 0.2) is 0 Å². The lowest BCUT2D eigenvalue weighted by atomic mass is 10.1. The average molecular weight is 183 g/mol. The number of rotatable bonds is 7. The molecule has 76 valence electrons. The van der Waals surface area contributed by atoms with E-state index in [2.05, 4.69) is 32.3 Å². The van der Waals surface area contributed by atoms with Crippen LogP contribution in [0.4, 0.5) is 0 Å². The van der Waals surface area contributed by atoms with Crippen LogP contribution in [0.5, 0.6) is 0 Å². The van der Waals surface area contributed by atoms with Crippen LogP contribution in [0, 0.1) is 0 Å². The third-order valence-electron chi connectivity index (χ3n) is 2.11. The van der Waals surface area contributed by atoms with Gasteiger partial charge in [0.2, 0.25) is 0 Å². The number of allylic oxidation sites excluding steroid dienone is 2. The van der Waals surface area contributed by atoms with Crippen molar-refractivity contribution in [2.45, 2.75) is 45.6 Å². The highest BCUT2D eigenvalue weighted by atomic mass is 16.3. The van der Waals surface area contributed by atoms with Gasteiger partial charge in [-0.05, 0) is 19.3 Å². The van der Waals surface area contributed by atoms with E-state index in [9.17, 15) is 0 Å². The van der Waals surface area contributed by atoms with Crippen LogP contribution >= 0.6 is 0 Å². The quantitative estimate of drug-likeness (QED) is 0.594. The number of nitrogens with one attached hydrogen (secondary N) is 1. The predicted molar refractivity (Wildman–Crippen MR) is 57.6 cm³/mol. The molecule has 0 bridgehead atoms. The molecule has 0 aliphatic carbocycles. The molecule has 0 aromatic carbocycles. The molecule has 2 nitrogen and oxygen atoms in total. The number of aliphatic hydroxyl groups is 1. The molecule has 0 rings (SSSR count). The fraction of sp³-hybridized carbons (Fsp3) is 0.636. The van der Waals surface area contributed by atoms with E-state index in [0.717, 1.165) is 25.0 Å². The molecule has 0 radical (unpaired) electrons. The summed E-state index contributed by atoms with van der Waals surface area (Å²) in [4.78, 5) is 0. The maximum atomic E-state index is 8.89. The van der Waals surface area contributed by atoms with E-state index in [-0.39, 0.29) is 5.76 Å². The first-order valence-electron chi connectivity index (χ1n) is 4.91. The molecule has 0 aromatic heterocycles. The Morgan fingerprint density at radius 3 is 2.15 bits per heavy atom. The highest BCUT2D eigenvalue weighted by Crippen LogP contribution is 2.07. The van der Waals surface area contributed by atoms with Gasteiger partial charge in [0.1, 0.15) is 0 Å². The van der Waals surface area contributed by atoms with Crippen LogP contribution < -0.4 is 5.32 Å². The van der Waals surface area contributed by atoms with Gasteiger partial charge in [-0.1, -0.05) is 27.0 Å². The highest BCUT2D eigenvalue weighted by molar-refractivity contribution is 4.96. The molecule has 2 heteroatoms. The smallest absolute Gasteiger partial charge is 0.0854 e. The molecule has 0 amide bonds. The first kappa shape index (κ1) is 12.1. The Kier molecular flexibility index (Phi) is 6.11. The van der Waals surface area contributed by atoms with Crippen molar-refractivity contribution in [3.8, 4) is 0 Å². The van der Waals surface area contributed by atoms with Crippen molar-refractivity contribution in [3.05, 3.63) is 24.6 Å². The average Bonchev–Trinajstić information content (AvgIpc) is 2.10. The van der Waals surface area contributed by atoms with Crippen molar-refractivity contribution < 1.29 is 5.11 Å². The van der Waals surface area contributed by atoms with E-state index < -0.39 is 0 Å². The molecule has 0 saturated carbocycles. The first-order chi connectivity index (χ1) is 6.10. The first-order valence-corrected chi connectivity index (χ1v) is 4.91. The zero-order chi connectivity index (χ0) is 10.3. The minimum Gasteiger partial charge on any atom is -0.513 e. The fourth-order valence-electron chi connectivity index (χ4n) is 1.15. The van der Waals surface area contributed by atoms with Crippen LogP contribution in [0.3, 0.4) is 0 Å². The highest BCUT2D eigenvalue weighted by Gasteiger charge is 2.03. The number of aliphatic hydroxyl groups excluding tert-OH is 1. The van der Waals surface area contributed by atoms with Crippen molar-refractivity contribution in [1.82, 2.24) is 5.32 Å². The van der Waals surface area contributed by atoms with Crippen LogP contribution in [0.2, 0.25) is 0 Å². The summed E-state index contributed by atoms with van der Waals surface area (Å²) < 4.78 is 0. The number of hydrogen-bond acceptors (Lipinski definition) is 2. The molecule has 13 heavy (non-hydrogen) atoms. The Morgan fingerprint density at radius 1 is 1.23 bits per heavy atom. The van der Waals surface area contributed by atoms with Crippen molar-refractivity contribution in [1.29, 1.82) is 0 Å². The van der Waals surface area contributed by atoms with Crippen molar-refractivity contribution >= 4 is 0 Å². The molecule has 2 N–H and O–H groups in total. The zero-order valence-corrected chi connectivity index (χ0v) is 8.77. The lowest BCUT2D eigenvalue weighted by Crippen LogP contribution is -2.26. The van der Waals surface area contributed by atoms with Gasteiger partial charge in [0.05, 0.1) is 5.76 Å². The topological polar surface area (TPSA) is 32.3 Å². The van der Waals surface area contributed by atoms with E-state index in [4.69, 9.17) is 5.11 Å². The van der Waals surface area contributed by atoms with E-state index in [1.807, 2.05) is 0 Å². The Balaban J connectivity index is 3.66. The third-order valence-corrected chi connectivity index (χ3v) is 2.11. The Labute approximate surface area is 81.4 Å². The van der Waals surface area contributed by atoms with E-state index in [0.29, 0.717) is 12.5 Å². The minimum atomic E-state index is 0.229. The molecule has 0 saturated heterocycles. The minimum absolute atomic E-state index is 0.229.